The van der Waals surface area contributed by atoms with E-state index in [9.17, 15) is 21.6 Å². The first-order valence-corrected chi connectivity index (χ1v) is 8.85. The summed E-state index contributed by atoms with van der Waals surface area (Å²) in [4.78, 5) is 0.782. The summed E-state index contributed by atoms with van der Waals surface area (Å²) < 4.78 is 61.1. The van der Waals surface area contributed by atoms with Gasteiger partial charge in [-0.3, -0.25) is 0 Å². The van der Waals surface area contributed by atoms with Gasteiger partial charge in [0.1, 0.15) is 0 Å². The molecule has 4 nitrogen and oxygen atoms in total. The molecule has 9 heteroatoms. The Kier molecular flexibility index (Phi) is 6.82. The number of sulfonamides is 1. The lowest BCUT2D eigenvalue weighted by Crippen LogP contribution is -2.29. The minimum absolute atomic E-state index is 0.169. The fraction of sp³-hybridized carbons (Fsp3) is 0.500. The van der Waals surface area contributed by atoms with Crippen molar-refractivity contribution < 1.29 is 21.6 Å². The monoisotopic (exact) mass is 342 g/mol. The molecule has 0 saturated heterocycles. The largest absolute Gasteiger partial charge is 0.398 e. The van der Waals surface area contributed by atoms with Gasteiger partial charge in [-0.15, -0.1) is 11.8 Å². The molecule has 1 rings (SSSR count). The Morgan fingerprint density at radius 3 is 2.52 bits per heavy atom. The molecule has 0 aliphatic carbocycles. The number of rotatable bonds is 8. The van der Waals surface area contributed by atoms with E-state index in [1.807, 2.05) is 0 Å². The first kappa shape index (κ1) is 18.1. The number of alkyl halides is 3. The normalized spacial score (nSPS) is 12.5. The summed E-state index contributed by atoms with van der Waals surface area (Å²) in [5.74, 6) is 0.112. The summed E-state index contributed by atoms with van der Waals surface area (Å²) in [5.41, 5.74) is 6.28. The predicted octanol–water partition coefficient (Wildman–Crippen LogP) is 2.62. The van der Waals surface area contributed by atoms with Crippen LogP contribution in [0.25, 0.3) is 0 Å². The van der Waals surface area contributed by atoms with Gasteiger partial charge < -0.3 is 5.73 Å². The van der Waals surface area contributed by atoms with Gasteiger partial charge in [0.25, 0.3) is 0 Å². The summed E-state index contributed by atoms with van der Waals surface area (Å²) in [6.45, 7) is -0.208. The van der Waals surface area contributed by atoms with E-state index >= 15 is 0 Å². The van der Waals surface area contributed by atoms with Crippen LogP contribution in [0.15, 0.2) is 29.2 Å². The van der Waals surface area contributed by atoms with Crippen molar-refractivity contribution in [3.05, 3.63) is 24.3 Å². The fourth-order valence-corrected chi connectivity index (χ4v) is 3.90. The van der Waals surface area contributed by atoms with Gasteiger partial charge in [0.05, 0.1) is 5.75 Å². The number of para-hydroxylation sites is 1. The van der Waals surface area contributed by atoms with Crippen molar-refractivity contribution in [2.24, 2.45) is 0 Å². The Morgan fingerprint density at radius 1 is 1.24 bits per heavy atom. The lowest BCUT2D eigenvalue weighted by atomic mass is 10.3. The van der Waals surface area contributed by atoms with Crippen molar-refractivity contribution in [3.8, 4) is 0 Å². The van der Waals surface area contributed by atoms with Crippen LogP contribution in [0.5, 0.6) is 0 Å². The molecule has 0 aliphatic rings. The number of thioether (sulfide) groups is 1. The van der Waals surface area contributed by atoms with Gasteiger partial charge in [-0.25, -0.2) is 13.1 Å². The van der Waals surface area contributed by atoms with Crippen molar-refractivity contribution in [2.45, 2.75) is 23.9 Å². The van der Waals surface area contributed by atoms with E-state index in [-0.39, 0.29) is 24.5 Å². The second kappa shape index (κ2) is 7.90. The SMILES string of the molecule is Nc1ccccc1SCCS(=O)(=O)NCCCC(F)(F)F. The lowest BCUT2D eigenvalue weighted by molar-refractivity contribution is -0.135. The highest BCUT2D eigenvalue weighted by Gasteiger charge is 2.26. The summed E-state index contributed by atoms with van der Waals surface area (Å²) in [6, 6.07) is 7.07. The van der Waals surface area contributed by atoms with Crippen LogP contribution in [0.1, 0.15) is 12.8 Å². The van der Waals surface area contributed by atoms with E-state index < -0.39 is 22.6 Å². The molecule has 21 heavy (non-hydrogen) atoms. The molecule has 0 aromatic heterocycles. The molecule has 0 spiro atoms. The maximum absolute atomic E-state index is 11.9. The molecular formula is C12H17F3N2O2S2. The van der Waals surface area contributed by atoms with Crippen molar-refractivity contribution in [2.75, 3.05) is 23.8 Å². The van der Waals surface area contributed by atoms with Gasteiger partial charge >= 0.3 is 6.18 Å². The van der Waals surface area contributed by atoms with Gasteiger partial charge in [0.2, 0.25) is 10.0 Å². The number of benzene rings is 1. The fourth-order valence-electron chi connectivity index (χ4n) is 1.46. The maximum Gasteiger partial charge on any atom is 0.389 e. The van der Waals surface area contributed by atoms with Crippen LogP contribution in [0, 0.1) is 0 Å². The highest BCUT2D eigenvalue weighted by molar-refractivity contribution is 8.00. The van der Waals surface area contributed by atoms with Crippen LogP contribution in [-0.4, -0.2) is 32.6 Å². The number of halogens is 3. The van der Waals surface area contributed by atoms with Crippen LogP contribution in [-0.2, 0) is 10.0 Å². The molecular weight excluding hydrogens is 325 g/mol. The highest BCUT2D eigenvalue weighted by Crippen LogP contribution is 2.24. The van der Waals surface area contributed by atoms with Gasteiger partial charge in [0, 0.05) is 29.3 Å². The first-order chi connectivity index (χ1) is 9.70. The maximum atomic E-state index is 11.9. The van der Waals surface area contributed by atoms with Gasteiger partial charge in [-0.2, -0.15) is 13.2 Å². The topological polar surface area (TPSA) is 72.2 Å². The summed E-state index contributed by atoms with van der Waals surface area (Å²) >= 11 is 1.29. The Labute approximate surface area is 126 Å². The van der Waals surface area contributed by atoms with E-state index in [0.29, 0.717) is 5.69 Å². The van der Waals surface area contributed by atoms with Crippen molar-refractivity contribution in [1.29, 1.82) is 0 Å². The average molecular weight is 342 g/mol. The van der Waals surface area contributed by atoms with Crippen LogP contribution >= 0.6 is 11.8 Å². The zero-order valence-corrected chi connectivity index (χ0v) is 12.8. The number of hydrogen-bond donors (Lipinski definition) is 2. The minimum atomic E-state index is -4.26. The van der Waals surface area contributed by atoms with Crippen LogP contribution < -0.4 is 10.5 Å². The molecule has 0 fully saturated rings. The molecule has 0 amide bonds. The molecule has 0 atom stereocenters. The number of nitrogens with two attached hydrogens (primary N) is 1. The summed E-state index contributed by atoms with van der Waals surface area (Å²) in [5, 5.41) is 0. The molecule has 1 aromatic rings. The molecule has 3 N–H and O–H groups in total. The number of nitrogen functional groups attached to an aromatic ring is 1. The van der Waals surface area contributed by atoms with Gasteiger partial charge in [0.15, 0.2) is 0 Å². The Morgan fingerprint density at radius 2 is 1.90 bits per heavy atom. The Hall–Kier alpha value is -0.930. The molecule has 0 heterocycles. The smallest absolute Gasteiger partial charge is 0.389 e. The van der Waals surface area contributed by atoms with Gasteiger partial charge in [-0.1, -0.05) is 12.1 Å². The Bertz CT molecular complexity index is 548. The van der Waals surface area contributed by atoms with E-state index in [4.69, 9.17) is 5.73 Å². The van der Waals surface area contributed by atoms with Crippen LogP contribution in [0.4, 0.5) is 18.9 Å². The van der Waals surface area contributed by atoms with E-state index in [2.05, 4.69) is 4.72 Å². The average Bonchev–Trinajstić information content (AvgIpc) is 2.36. The first-order valence-electron chi connectivity index (χ1n) is 6.21. The zero-order valence-electron chi connectivity index (χ0n) is 11.2. The third-order valence-electron chi connectivity index (χ3n) is 2.49. The standard InChI is InChI=1S/C12H17F3N2O2S2/c13-12(14,15)6-3-7-17-21(18,19)9-8-20-11-5-2-1-4-10(11)16/h1-2,4-5,17H,3,6-9,16H2. The van der Waals surface area contributed by atoms with Crippen LogP contribution in [0.2, 0.25) is 0 Å². The zero-order chi connectivity index (χ0) is 15.9. The quantitative estimate of drug-likeness (QED) is 0.433. The number of hydrogen-bond acceptors (Lipinski definition) is 4. The van der Waals surface area contributed by atoms with Crippen molar-refractivity contribution in [1.82, 2.24) is 4.72 Å². The summed E-state index contributed by atoms with van der Waals surface area (Å²) in [6.07, 6.45) is -5.52. The van der Waals surface area contributed by atoms with E-state index in [1.165, 1.54) is 11.8 Å². The molecule has 120 valence electrons. The molecule has 1 aromatic carbocycles. The third kappa shape index (κ3) is 8.18. The van der Waals surface area contributed by atoms with Gasteiger partial charge in [-0.05, 0) is 18.6 Å². The molecule has 0 saturated carbocycles. The van der Waals surface area contributed by atoms with E-state index in [0.717, 1.165) is 4.90 Å². The number of nitrogens with one attached hydrogen (secondary N) is 1. The molecule has 0 aliphatic heterocycles. The van der Waals surface area contributed by atoms with Crippen LogP contribution in [0.3, 0.4) is 0 Å². The Balaban J connectivity index is 2.29. The predicted molar refractivity (Wildman–Crippen MR) is 78.7 cm³/mol. The minimum Gasteiger partial charge on any atom is -0.398 e. The molecule has 0 bridgehead atoms. The lowest BCUT2D eigenvalue weighted by Gasteiger charge is -2.09. The second-order valence-corrected chi connectivity index (χ2v) is 7.38. The molecule has 0 radical (unpaired) electrons. The second-order valence-electron chi connectivity index (χ2n) is 4.32. The highest BCUT2D eigenvalue weighted by atomic mass is 32.2. The third-order valence-corrected chi connectivity index (χ3v) is 5.22. The number of anilines is 1. The van der Waals surface area contributed by atoms with E-state index in [1.54, 1.807) is 24.3 Å². The molecule has 0 unspecified atom stereocenters. The van der Waals surface area contributed by atoms with Crippen molar-refractivity contribution >= 4 is 27.5 Å². The van der Waals surface area contributed by atoms with Crippen molar-refractivity contribution in [3.63, 3.8) is 0 Å². The summed E-state index contributed by atoms with van der Waals surface area (Å²) in [7, 11) is -3.56.